The van der Waals surface area contributed by atoms with E-state index in [0.29, 0.717) is 34.2 Å². The number of rotatable bonds is 6. The number of esters is 1. The fraction of sp³-hybridized carbons (Fsp3) is 0.261. The van der Waals surface area contributed by atoms with Crippen LogP contribution in [0, 0.1) is 6.92 Å². The molecule has 8 nitrogen and oxygen atoms in total. The average Bonchev–Trinajstić information content (AvgIpc) is 3.13. The Morgan fingerprint density at radius 1 is 1.09 bits per heavy atom. The smallest absolute Gasteiger partial charge is 0.340 e. The minimum Gasteiger partial charge on any atom is -0.454 e. The van der Waals surface area contributed by atoms with Crippen molar-refractivity contribution in [1.29, 1.82) is 0 Å². The number of fused-ring (bicyclic) bond motifs is 2. The maximum atomic E-state index is 12.8. The second kappa shape index (κ2) is 8.74. The number of halogens is 1. The van der Waals surface area contributed by atoms with E-state index >= 15 is 0 Å². The normalized spacial score (nSPS) is 12.1. The van der Waals surface area contributed by atoms with Crippen LogP contribution in [0.2, 0.25) is 5.02 Å². The number of imidazole rings is 1. The molecule has 0 unspecified atom stereocenters. The molecule has 33 heavy (non-hydrogen) atoms. The van der Waals surface area contributed by atoms with Crippen molar-refractivity contribution >= 4 is 49.5 Å². The highest BCUT2D eigenvalue weighted by Crippen LogP contribution is 2.24. The lowest BCUT2D eigenvalue weighted by molar-refractivity contribution is 0.0457. The number of carbonyl (C=O) groups excluding carboxylic acids is 1. The lowest BCUT2D eigenvalue weighted by atomic mass is 10.1. The molecule has 10 heteroatoms. The summed E-state index contributed by atoms with van der Waals surface area (Å²) in [6.07, 6.45) is 0. The second-order valence-electron chi connectivity index (χ2n) is 7.74. The van der Waals surface area contributed by atoms with Gasteiger partial charge >= 0.3 is 5.97 Å². The first kappa shape index (κ1) is 23.2. The van der Waals surface area contributed by atoms with E-state index in [1.54, 1.807) is 43.3 Å². The van der Waals surface area contributed by atoms with E-state index in [9.17, 15) is 13.2 Å². The monoisotopic (exact) mass is 486 g/mol. The highest BCUT2D eigenvalue weighted by atomic mass is 35.5. The number of benzene rings is 2. The predicted octanol–water partition coefficient (Wildman–Crippen LogP) is 4.17. The van der Waals surface area contributed by atoms with Crippen LogP contribution in [0.1, 0.15) is 28.8 Å². The summed E-state index contributed by atoms with van der Waals surface area (Å²) < 4.78 is 33.5. The molecule has 0 amide bonds. The second-order valence-corrected chi connectivity index (χ2v) is 10.3. The highest BCUT2D eigenvalue weighted by molar-refractivity contribution is 7.89. The zero-order valence-electron chi connectivity index (χ0n) is 18.7. The predicted molar refractivity (Wildman–Crippen MR) is 127 cm³/mol. The van der Waals surface area contributed by atoms with Gasteiger partial charge in [0.25, 0.3) is 0 Å². The maximum absolute atomic E-state index is 12.8. The zero-order valence-corrected chi connectivity index (χ0v) is 20.2. The fourth-order valence-corrected chi connectivity index (χ4v) is 4.75. The number of aryl methyl sites for hydroxylation is 2. The van der Waals surface area contributed by atoms with E-state index in [-0.39, 0.29) is 11.5 Å². The van der Waals surface area contributed by atoms with Gasteiger partial charge in [-0.1, -0.05) is 11.6 Å². The molecule has 4 rings (SSSR count). The summed E-state index contributed by atoms with van der Waals surface area (Å²) >= 11 is 6.06. The van der Waals surface area contributed by atoms with Gasteiger partial charge < -0.3 is 9.30 Å². The molecule has 4 aromatic rings. The number of hydrogen-bond acceptors (Lipinski definition) is 6. The molecule has 0 aliphatic rings. The van der Waals surface area contributed by atoms with Gasteiger partial charge in [0, 0.05) is 31.0 Å². The van der Waals surface area contributed by atoms with E-state index in [1.165, 1.54) is 20.2 Å². The van der Waals surface area contributed by atoms with Gasteiger partial charge in [0.05, 0.1) is 32.7 Å². The number of aromatic nitrogens is 3. The molecule has 0 aliphatic heterocycles. The SMILES string of the molecule is CCn1c(COC(=O)c2cc3cc(Cl)ccc3nc2C)nc2cc(S(=O)(=O)N(C)C)ccc21. The van der Waals surface area contributed by atoms with E-state index in [4.69, 9.17) is 16.3 Å². The Bertz CT molecular complexity index is 1500. The minimum absolute atomic E-state index is 0.0653. The first-order chi connectivity index (χ1) is 15.6. The van der Waals surface area contributed by atoms with Crippen molar-refractivity contribution in [3.05, 3.63) is 64.6 Å². The Morgan fingerprint density at radius 2 is 1.85 bits per heavy atom. The summed E-state index contributed by atoms with van der Waals surface area (Å²) in [7, 11) is -0.626. The molecule has 0 saturated heterocycles. The summed E-state index contributed by atoms with van der Waals surface area (Å²) in [4.78, 5) is 22.0. The van der Waals surface area contributed by atoms with Gasteiger partial charge in [-0.2, -0.15) is 0 Å². The molecular formula is C23H23ClN4O4S. The highest BCUT2D eigenvalue weighted by Gasteiger charge is 2.20. The summed E-state index contributed by atoms with van der Waals surface area (Å²) in [5, 5.41) is 1.30. The molecule has 2 aromatic carbocycles. The van der Waals surface area contributed by atoms with Crippen molar-refractivity contribution in [2.24, 2.45) is 0 Å². The molecule has 0 aliphatic carbocycles. The number of pyridine rings is 1. The van der Waals surface area contributed by atoms with Crippen molar-refractivity contribution < 1.29 is 17.9 Å². The van der Waals surface area contributed by atoms with Crippen LogP contribution in [0.4, 0.5) is 0 Å². The van der Waals surface area contributed by atoms with Gasteiger partial charge in [0.1, 0.15) is 12.4 Å². The van der Waals surface area contributed by atoms with Crippen LogP contribution < -0.4 is 0 Å². The van der Waals surface area contributed by atoms with Crippen molar-refractivity contribution in [1.82, 2.24) is 18.8 Å². The number of ether oxygens (including phenoxy) is 1. The van der Waals surface area contributed by atoms with Gasteiger partial charge in [0.15, 0.2) is 0 Å². The van der Waals surface area contributed by atoms with Crippen LogP contribution in [0.25, 0.3) is 21.9 Å². The Kier molecular flexibility index (Phi) is 6.13. The van der Waals surface area contributed by atoms with Crippen LogP contribution in [0.15, 0.2) is 47.4 Å². The minimum atomic E-state index is -3.58. The van der Waals surface area contributed by atoms with Gasteiger partial charge in [-0.15, -0.1) is 0 Å². The van der Waals surface area contributed by atoms with Crippen LogP contribution >= 0.6 is 11.6 Å². The summed E-state index contributed by atoms with van der Waals surface area (Å²) in [6.45, 7) is 4.21. The third kappa shape index (κ3) is 4.31. The molecular weight excluding hydrogens is 464 g/mol. The van der Waals surface area contributed by atoms with E-state index in [0.717, 1.165) is 20.7 Å². The molecule has 0 atom stereocenters. The number of nitrogens with zero attached hydrogens (tertiary/aromatic N) is 4. The summed E-state index contributed by atoms with van der Waals surface area (Å²) in [6, 6.07) is 11.8. The van der Waals surface area contributed by atoms with Crippen molar-refractivity contribution in [3.63, 3.8) is 0 Å². The number of sulfonamides is 1. The van der Waals surface area contributed by atoms with E-state index in [2.05, 4.69) is 9.97 Å². The quantitative estimate of drug-likeness (QED) is 0.379. The maximum Gasteiger partial charge on any atom is 0.340 e. The molecule has 0 N–H and O–H groups in total. The van der Waals surface area contributed by atoms with Crippen LogP contribution in [-0.2, 0) is 27.9 Å². The van der Waals surface area contributed by atoms with Gasteiger partial charge in [-0.05, 0) is 56.3 Å². The van der Waals surface area contributed by atoms with E-state index < -0.39 is 16.0 Å². The average molecular weight is 487 g/mol. The Labute approximate surface area is 196 Å². The molecule has 0 saturated carbocycles. The molecule has 0 fully saturated rings. The molecule has 2 heterocycles. The Hall–Kier alpha value is -3.01. The zero-order chi connectivity index (χ0) is 23.9. The number of carbonyl (C=O) groups is 1. The lowest BCUT2D eigenvalue weighted by Crippen LogP contribution is -2.22. The molecule has 0 spiro atoms. The topological polar surface area (TPSA) is 94.4 Å². The molecule has 172 valence electrons. The van der Waals surface area contributed by atoms with Crippen molar-refractivity contribution in [2.75, 3.05) is 14.1 Å². The van der Waals surface area contributed by atoms with Gasteiger partial charge in [-0.25, -0.2) is 22.5 Å². The standard InChI is InChI=1S/C23H23ClN4O4S/c1-5-28-21-9-7-17(33(30,31)27(3)4)12-20(21)26-22(28)13-32-23(29)18-11-15-10-16(24)6-8-19(15)25-14(18)2/h6-12H,5,13H2,1-4H3. The summed E-state index contributed by atoms with van der Waals surface area (Å²) in [5.74, 6) is 0.00200. The first-order valence-corrected chi connectivity index (χ1v) is 12.1. The molecule has 0 bridgehead atoms. The third-order valence-corrected chi connectivity index (χ3v) is 7.46. The van der Waals surface area contributed by atoms with Crippen LogP contribution in [0.3, 0.4) is 0 Å². The number of hydrogen-bond donors (Lipinski definition) is 0. The third-order valence-electron chi connectivity index (χ3n) is 5.41. The Balaban J connectivity index is 1.63. The fourth-order valence-electron chi connectivity index (χ4n) is 3.65. The lowest BCUT2D eigenvalue weighted by Gasteiger charge is -2.11. The van der Waals surface area contributed by atoms with Gasteiger partial charge in [0.2, 0.25) is 10.0 Å². The van der Waals surface area contributed by atoms with Crippen molar-refractivity contribution in [3.8, 4) is 0 Å². The van der Waals surface area contributed by atoms with E-state index in [1.807, 2.05) is 11.5 Å². The van der Waals surface area contributed by atoms with Gasteiger partial charge in [-0.3, -0.25) is 4.98 Å². The van der Waals surface area contributed by atoms with Crippen LogP contribution in [-0.4, -0.2) is 47.3 Å². The molecule has 0 radical (unpaired) electrons. The largest absolute Gasteiger partial charge is 0.454 e. The van der Waals surface area contributed by atoms with Crippen molar-refractivity contribution in [2.45, 2.75) is 31.9 Å². The Morgan fingerprint density at radius 3 is 2.55 bits per heavy atom. The first-order valence-electron chi connectivity index (χ1n) is 10.3. The summed E-state index contributed by atoms with van der Waals surface area (Å²) in [5.41, 5.74) is 2.92. The molecule has 2 aromatic heterocycles. The van der Waals surface area contributed by atoms with Crippen LogP contribution in [0.5, 0.6) is 0 Å².